The Kier molecular flexibility index (Phi) is 3.26. The SMILES string of the molecule is CC(C)CN1CCC(=O)N1C1CCNC1. The fourth-order valence-corrected chi connectivity index (χ4v) is 2.49. The molecule has 86 valence electrons. The number of nitrogens with one attached hydrogen (secondary N) is 1. The normalized spacial score (nSPS) is 28.3. The summed E-state index contributed by atoms with van der Waals surface area (Å²) in [6, 6.07) is 0.402. The van der Waals surface area contributed by atoms with Gasteiger partial charge in [0.05, 0.1) is 6.04 Å². The zero-order chi connectivity index (χ0) is 10.8. The lowest BCUT2D eigenvalue weighted by Crippen LogP contribution is -2.48. The fraction of sp³-hybridized carbons (Fsp3) is 0.909. The number of rotatable bonds is 3. The molecule has 1 unspecified atom stereocenters. The van der Waals surface area contributed by atoms with Gasteiger partial charge in [-0.1, -0.05) is 13.8 Å². The van der Waals surface area contributed by atoms with E-state index in [1.54, 1.807) is 0 Å². The van der Waals surface area contributed by atoms with Gasteiger partial charge in [-0.25, -0.2) is 5.01 Å². The Morgan fingerprint density at radius 1 is 1.53 bits per heavy atom. The van der Waals surface area contributed by atoms with Crippen LogP contribution in [0, 0.1) is 5.92 Å². The number of amides is 1. The zero-order valence-corrected chi connectivity index (χ0v) is 9.70. The molecule has 0 aromatic rings. The minimum absolute atomic E-state index is 0.310. The second kappa shape index (κ2) is 4.49. The summed E-state index contributed by atoms with van der Waals surface area (Å²) in [7, 11) is 0. The molecule has 1 N–H and O–H groups in total. The molecule has 0 aliphatic carbocycles. The van der Waals surface area contributed by atoms with Crippen LogP contribution in [0.5, 0.6) is 0 Å². The van der Waals surface area contributed by atoms with Crippen molar-refractivity contribution in [2.75, 3.05) is 26.2 Å². The topological polar surface area (TPSA) is 35.6 Å². The molecule has 2 aliphatic heterocycles. The average Bonchev–Trinajstić information content (AvgIpc) is 2.74. The van der Waals surface area contributed by atoms with E-state index in [1.807, 2.05) is 5.01 Å². The van der Waals surface area contributed by atoms with Crippen LogP contribution in [0.4, 0.5) is 0 Å². The summed E-state index contributed by atoms with van der Waals surface area (Å²) >= 11 is 0. The molecule has 2 heterocycles. The van der Waals surface area contributed by atoms with E-state index in [2.05, 4.69) is 24.2 Å². The Hall–Kier alpha value is -0.610. The zero-order valence-electron chi connectivity index (χ0n) is 9.70. The van der Waals surface area contributed by atoms with Crippen molar-refractivity contribution in [2.24, 2.45) is 5.92 Å². The number of nitrogens with zero attached hydrogens (tertiary/aromatic N) is 2. The first-order valence-electron chi connectivity index (χ1n) is 5.96. The summed E-state index contributed by atoms with van der Waals surface area (Å²) in [5.74, 6) is 0.928. The third-order valence-electron chi connectivity index (χ3n) is 3.10. The van der Waals surface area contributed by atoms with Crippen LogP contribution >= 0.6 is 0 Å². The molecule has 0 bridgehead atoms. The molecule has 0 radical (unpaired) electrons. The predicted molar refractivity (Wildman–Crippen MR) is 59.1 cm³/mol. The molecular formula is C11H21N3O. The van der Waals surface area contributed by atoms with Crippen LogP contribution in [0.25, 0.3) is 0 Å². The summed E-state index contributed by atoms with van der Waals surface area (Å²) in [4.78, 5) is 11.8. The first-order chi connectivity index (χ1) is 7.18. The van der Waals surface area contributed by atoms with Gasteiger partial charge in [0.2, 0.25) is 5.91 Å². The molecule has 2 saturated heterocycles. The molecule has 0 aromatic heterocycles. The standard InChI is InChI=1S/C11H21N3O/c1-9(2)8-13-6-4-11(15)14(13)10-3-5-12-7-10/h9-10,12H,3-8H2,1-2H3. The number of carbonyl (C=O) groups is 1. The van der Waals surface area contributed by atoms with Crippen molar-refractivity contribution in [3.63, 3.8) is 0 Å². The maximum absolute atomic E-state index is 11.8. The maximum atomic E-state index is 11.8. The monoisotopic (exact) mass is 211 g/mol. The van der Waals surface area contributed by atoms with Crippen molar-refractivity contribution in [3.05, 3.63) is 0 Å². The molecule has 4 heteroatoms. The van der Waals surface area contributed by atoms with E-state index in [-0.39, 0.29) is 0 Å². The first-order valence-corrected chi connectivity index (χ1v) is 5.96. The second-order valence-corrected chi connectivity index (χ2v) is 4.94. The molecule has 2 fully saturated rings. The molecule has 1 amide bonds. The van der Waals surface area contributed by atoms with E-state index in [0.717, 1.165) is 32.6 Å². The summed E-state index contributed by atoms with van der Waals surface area (Å²) in [5, 5.41) is 7.58. The number of hydrazine groups is 1. The van der Waals surface area contributed by atoms with Gasteiger partial charge in [-0.05, 0) is 18.9 Å². The molecule has 15 heavy (non-hydrogen) atoms. The molecule has 0 saturated carbocycles. The Bertz CT molecular complexity index is 236. The lowest BCUT2D eigenvalue weighted by atomic mass is 10.2. The van der Waals surface area contributed by atoms with Crippen molar-refractivity contribution < 1.29 is 4.79 Å². The first kappa shape index (κ1) is 10.9. The van der Waals surface area contributed by atoms with Crippen LogP contribution in [0.3, 0.4) is 0 Å². The van der Waals surface area contributed by atoms with Crippen molar-refractivity contribution in [1.82, 2.24) is 15.3 Å². The van der Waals surface area contributed by atoms with E-state index in [4.69, 9.17) is 0 Å². The second-order valence-electron chi connectivity index (χ2n) is 4.94. The van der Waals surface area contributed by atoms with Gasteiger partial charge in [-0.15, -0.1) is 0 Å². The summed E-state index contributed by atoms with van der Waals surface area (Å²) in [6.45, 7) is 8.32. The van der Waals surface area contributed by atoms with Crippen LogP contribution in [0.2, 0.25) is 0 Å². The van der Waals surface area contributed by atoms with Gasteiger partial charge in [0.25, 0.3) is 0 Å². The third-order valence-corrected chi connectivity index (χ3v) is 3.10. The fourth-order valence-electron chi connectivity index (χ4n) is 2.49. The van der Waals surface area contributed by atoms with Gasteiger partial charge in [0, 0.05) is 26.1 Å². The van der Waals surface area contributed by atoms with E-state index >= 15 is 0 Å². The Labute approximate surface area is 91.6 Å². The average molecular weight is 211 g/mol. The number of hydrogen-bond donors (Lipinski definition) is 1. The maximum Gasteiger partial charge on any atom is 0.238 e. The highest BCUT2D eigenvalue weighted by molar-refractivity contribution is 5.78. The Morgan fingerprint density at radius 3 is 2.93 bits per heavy atom. The van der Waals surface area contributed by atoms with Crippen molar-refractivity contribution >= 4 is 5.91 Å². The highest BCUT2D eigenvalue weighted by Crippen LogP contribution is 2.20. The molecular weight excluding hydrogens is 190 g/mol. The third kappa shape index (κ3) is 2.32. The van der Waals surface area contributed by atoms with Crippen molar-refractivity contribution in [3.8, 4) is 0 Å². The van der Waals surface area contributed by atoms with Gasteiger partial charge >= 0.3 is 0 Å². The van der Waals surface area contributed by atoms with Crippen LogP contribution in [0.1, 0.15) is 26.7 Å². The van der Waals surface area contributed by atoms with Crippen molar-refractivity contribution in [2.45, 2.75) is 32.7 Å². The summed E-state index contributed by atoms with van der Waals surface area (Å²) < 4.78 is 0. The van der Waals surface area contributed by atoms with Gasteiger partial charge in [-0.2, -0.15) is 0 Å². The van der Waals surface area contributed by atoms with Crippen LogP contribution in [-0.4, -0.2) is 48.1 Å². The van der Waals surface area contributed by atoms with Gasteiger partial charge in [0.1, 0.15) is 0 Å². The minimum Gasteiger partial charge on any atom is -0.315 e. The summed E-state index contributed by atoms with van der Waals surface area (Å²) in [6.07, 6.45) is 1.80. The van der Waals surface area contributed by atoms with Gasteiger partial charge in [-0.3, -0.25) is 9.80 Å². The molecule has 2 rings (SSSR count). The van der Waals surface area contributed by atoms with Crippen LogP contribution < -0.4 is 5.32 Å². The lowest BCUT2D eigenvalue weighted by Gasteiger charge is -2.33. The highest BCUT2D eigenvalue weighted by atomic mass is 16.2. The Morgan fingerprint density at radius 2 is 2.33 bits per heavy atom. The molecule has 2 aliphatic rings. The largest absolute Gasteiger partial charge is 0.315 e. The van der Waals surface area contributed by atoms with Crippen LogP contribution in [-0.2, 0) is 4.79 Å². The quantitative estimate of drug-likeness (QED) is 0.736. The van der Waals surface area contributed by atoms with E-state index in [0.29, 0.717) is 24.3 Å². The van der Waals surface area contributed by atoms with Crippen LogP contribution in [0.15, 0.2) is 0 Å². The predicted octanol–water partition coefficient (Wildman–Crippen LogP) is 0.454. The lowest BCUT2D eigenvalue weighted by molar-refractivity contribution is -0.142. The minimum atomic E-state index is 0.310. The molecule has 4 nitrogen and oxygen atoms in total. The number of carbonyl (C=O) groups excluding carboxylic acids is 1. The molecule has 1 atom stereocenters. The smallest absolute Gasteiger partial charge is 0.238 e. The Balaban J connectivity index is 2.00. The number of hydrogen-bond acceptors (Lipinski definition) is 3. The van der Waals surface area contributed by atoms with Gasteiger partial charge < -0.3 is 5.32 Å². The van der Waals surface area contributed by atoms with Crippen molar-refractivity contribution in [1.29, 1.82) is 0 Å². The van der Waals surface area contributed by atoms with E-state index < -0.39 is 0 Å². The highest BCUT2D eigenvalue weighted by Gasteiger charge is 2.35. The van der Waals surface area contributed by atoms with Gasteiger partial charge in [0.15, 0.2) is 0 Å². The molecule has 0 aromatic carbocycles. The summed E-state index contributed by atoms with van der Waals surface area (Å²) in [5.41, 5.74) is 0. The van der Waals surface area contributed by atoms with E-state index in [1.165, 1.54) is 0 Å². The molecule has 0 spiro atoms. The van der Waals surface area contributed by atoms with E-state index in [9.17, 15) is 4.79 Å².